The van der Waals surface area contributed by atoms with E-state index in [2.05, 4.69) is 21.2 Å². The summed E-state index contributed by atoms with van der Waals surface area (Å²) in [5.41, 5.74) is 1.31. The van der Waals surface area contributed by atoms with Crippen LogP contribution in [0.5, 0.6) is 11.5 Å². The van der Waals surface area contributed by atoms with Gasteiger partial charge in [-0.2, -0.15) is 0 Å². The van der Waals surface area contributed by atoms with Gasteiger partial charge in [0.05, 0.1) is 24.4 Å². The molecule has 0 aliphatic carbocycles. The van der Waals surface area contributed by atoms with E-state index in [-0.39, 0.29) is 12.1 Å². The predicted octanol–water partition coefficient (Wildman–Crippen LogP) is 4.29. The predicted molar refractivity (Wildman–Crippen MR) is 122 cm³/mol. The molecule has 1 fully saturated rings. The summed E-state index contributed by atoms with van der Waals surface area (Å²) >= 11 is 3.47. The molecular formula is C24H19BrN2O6. The lowest BCUT2D eigenvalue weighted by atomic mass is 10.1. The van der Waals surface area contributed by atoms with Gasteiger partial charge in [0.25, 0.3) is 11.8 Å². The molecule has 9 heteroatoms. The van der Waals surface area contributed by atoms with Crippen molar-refractivity contribution < 1.29 is 28.3 Å². The van der Waals surface area contributed by atoms with Crippen LogP contribution in [-0.2, 0) is 22.7 Å². The minimum absolute atomic E-state index is 0.0957. The summed E-state index contributed by atoms with van der Waals surface area (Å²) < 4.78 is 17.2. The van der Waals surface area contributed by atoms with E-state index in [0.29, 0.717) is 33.9 Å². The zero-order valence-corrected chi connectivity index (χ0v) is 19.1. The summed E-state index contributed by atoms with van der Waals surface area (Å²) in [7, 11) is 1.50. The Kier molecular flexibility index (Phi) is 6.60. The number of hydrogen-bond donors (Lipinski definition) is 1. The lowest BCUT2D eigenvalue weighted by Crippen LogP contribution is -2.53. The minimum Gasteiger partial charge on any atom is -0.493 e. The Morgan fingerprint density at radius 2 is 1.88 bits per heavy atom. The number of amides is 4. The van der Waals surface area contributed by atoms with Crippen LogP contribution in [0.1, 0.15) is 16.9 Å². The summed E-state index contributed by atoms with van der Waals surface area (Å²) in [6.07, 6.45) is 2.84. The largest absolute Gasteiger partial charge is 0.493 e. The topological polar surface area (TPSA) is 98.1 Å². The molecule has 1 aromatic heterocycles. The molecule has 0 radical (unpaired) electrons. The normalized spacial score (nSPS) is 15.0. The standard InChI is InChI=1S/C24H19BrN2O6/c1-31-20-12-16(11-19(25)21(20)33-14-15-6-3-2-4-7-15)10-18-22(28)26-24(30)27(23(18)29)13-17-8-5-9-32-17/h2-12H,13-14H2,1H3,(H,26,28,30)/b18-10+. The second-order valence-electron chi connectivity index (χ2n) is 7.10. The first kappa shape index (κ1) is 22.3. The molecular weight excluding hydrogens is 492 g/mol. The quantitative estimate of drug-likeness (QED) is 0.376. The highest BCUT2D eigenvalue weighted by molar-refractivity contribution is 9.10. The first-order valence-electron chi connectivity index (χ1n) is 9.91. The summed E-state index contributed by atoms with van der Waals surface area (Å²) in [5, 5.41) is 2.19. The van der Waals surface area contributed by atoms with E-state index < -0.39 is 17.8 Å². The summed E-state index contributed by atoms with van der Waals surface area (Å²) in [6, 6.07) is 15.5. The average Bonchev–Trinajstić information content (AvgIpc) is 3.32. The number of methoxy groups -OCH3 is 1. The molecule has 33 heavy (non-hydrogen) atoms. The van der Waals surface area contributed by atoms with Crippen LogP contribution in [0.3, 0.4) is 0 Å². The smallest absolute Gasteiger partial charge is 0.331 e. The molecule has 3 aromatic rings. The first-order chi connectivity index (χ1) is 16.0. The second-order valence-corrected chi connectivity index (χ2v) is 7.95. The van der Waals surface area contributed by atoms with E-state index in [0.717, 1.165) is 10.5 Å². The molecule has 1 saturated heterocycles. The van der Waals surface area contributed by atoms with E-state index in [4.69, 9.17) is 13.9 Å². The van der Waals surface area contributed by atoms with Gasteiger partial charge < -0.3 is 13.9 Å². The summed E-state index contributed by atoms with van der Waals surface area (Å²) in [6.45, 7) is 0.239. The van der Waals surface area contributed by atoms with Crippen LogP contribution in [0.25, 0.3) is 6.08 Å². The van der Waals surface area contributed by atoms with Crippen LogP contribution in [0.2, 0.25) is 0 Å². The van der Waals surface area contributed by atoms with Gasteiger partial charge in [-0.3, -0.25) is 19.8 Å². The lowest BCUT2D eigenvalue weighted by molar-refractivity contribution is -0.130. The SMILES string of the molecule is COc1cc(/C=C2\C(=O)NC(=O)N(Cc3ccco3)C2=O)cc(Br)c1OCc1ccccc1. The third-order valence-corrected chi connectivity index (χ3v) is 5.46. The lowest BCUT2D eigenvalue weighted by Gasteiger charge is -2.25. The number of halogens is 1. The second kappa shape index (κ2) is 9.74. The van der Waals surface area contributed by atoms with Crippen molar-refractivity contribution in [1.29, 1.82) is 0 Å². The Morgan fingerprint density at radius 3 is 2.58 bits per heavy atom. The highest BCUT2D eigenvalue weighted by Gasteiger charge is 2.36. The van der Waals surface area contributed by atoms with Gasteiger partial charge in [0, 0.05) is 0 Å². The van der Waals surface area contributed by atoms with Gasteiger partial charge in [-0.25, -0.2) is 4.79 Å². The van der Waals surface area contributed by atoms with Crippen molar-refractivity contribution >= 4 is 39.9 Å². The maximum atomic E-state index is 12.9. The van der Waals surface area contributed by atoms with Crippen molar-refractivity contribution in [3.05, 3.63) is 87.8 Å². The van der Waals surface area contributed by atoms with Crippen molar-refractivity contribution in [2.75, 3.05) is 7.11 Å². The third-order valence-electron chi connectivity index (χ3n) is 4.87. The zero-order chi connectivity index (χ0) is 23.4. The number of carbonyl (C=O) groups is 3. The number of carbonyl (C=O) groups excluding carboxylic acids is 3. The maximum absolute atomic E-state index is 12.9. The number of hydrogen-bond acceptors (Lipinski definition) is 6. The average molecular weight is 511 g/mol. The van der Waals surface area contributed by atoms with Crippen LogP contribution in [0, 0.1) is 0 Å². The molecule has 168 valence electrons. The Hall–Kier alpha value is -3.85. The maximum Gasteiger partial charge on any atom is 0.331 e. The molecule has 4 rings (SSSR count). The number of rotatable bonds is 7. The Balaban J connectivity index is 1.60. The minimum atomic E-state index is -0.804. The van der Waals surface area contributed by atoms with E-state index in [9.17, 15) is 14.4 Å². The van der Waals surface area contributed by atoms with Gasteiger partial charge in [-0.05, 0) is 57.4 Å². The number of imide groups is 2. The fourth-order valence-corrected chi connectivity index (χ4v) is 3.83. The van der Waals surface area contributed by atoms with Crippen LogP contribution in [0.4, 0.5) is 4.79 Å². The van der Waals surface area contributed by atoms with Crippen molar-refractivity contribution in [2.45, 2.75) is 13.2 Å². The molecule has 0 bridgehead atoms. The van der Waals surface area contributed by atoms with Gasteiger partial charge in [0.1, 0.15) is 17.9 Å². The highest BCUT2D eigenvalue weighted by atomic mass is 79.9. The van der Waals surface area contributed by atoms with Crippen molar-refractivity contribution in [3.8, 4) is 11.5 Å². The number of urea groups is 1. The molecule has 0 spiro atoms. The van der Waals surface area contributed by atoms with Crippen molar-refractivity contribution in [3.63, 3.8) is 0 Å². The summed E-state index contributed by atoms with van der Waals surface area (Å²) in [5.74, 6) is -0.187. The molecule has 1 N–H and O–H groups in total. The van der Waals surface area contributed by atoms with Crippen molar-refractivity contribution in [2.24, 2.45) is 0 Å². The zero-order valence-electron chi connectivity index (χ0n) is 17.5. The van der Waals surface area contributed by atoms with Gasteiger partial charge in [-0.15, -0.1) is 0 Å². The number of benzene rings is 2. The van der Waals surface area contributed by atoms with E-state index >= 15 is 0 Å². The fourth-order valence-electron chi connectivity index (χ4n) is 3.26. The van der Waals surface area contributed by atoms with Crippen LogP contribution < -0.4 is 14.8 Å². The van der Waals surface area contributed by atoms with Crippen LogP contribution in [-0.4, -0.2) is 29.9 Å². The van der Waals surface area contributed by atoms with E-state index in [1.54, 1.807) is 24.3 Å². The monoisotopic (exact) mass is 510 g/mol. The number of barbiturate groups is 1. The molecule has 1 aliphatic heterocycles. The van der Waals surface area contributed by atoms with Crippen molar-refractivity contribution in [1.82, 2.24) is 10.2 Å². The molecule has 8 nitrogen and oxygen atoms in total. The molecule has 4 amide bonds. The molecule has 2 heterocycles. The number of nitrogens with zero attached hydrogens (tertiary/aromatic N) is 1. The number of furan rings is 1. The number of nitrogens with one attached hydrogen (secondary N) is 1. The molecule has 1 aliphatic rings. The van der Waals surface area contributed by atoms with Gasteiger partial charge in [-0.1, -0.05) is 30.3 Å². The first-order valence-corrected chi connectivity index (χ1v) is 10.7. The highest BCUT2D eigenvalue weighted by Crippen LogP contribution is 2.38. The Morgan fingerprint density at radius 1 is 1.09 bits per heavy atom. The molecule has 0 unspecified atom stereocenters. The molecule has 0 atom stereocenters. The van der Waals surface area contributed by atoms with Crippen LogP contribution >= 0.6 is 15.9 Å². The van der Waals surface area contributed by atoms with E-state index in [1.165, 1.54) is 19.4 Å². The van der Waals surface area contributed by atoms with Gasteiger partial charge in [0.15, 0.2) is 11.5 Å². The van der Waals surface area contributed by atoms with Gasteiger partial charge >= 0.3 is 6.03 Å². The fraction of sp³-hybridized carbons (Fsp3) is 0.125. The third kappa shape index (κ3) is 4.98. The Labute approximate surface area is 197 Å². The molecule has 0 saturated carbocycles. The Bertz CT molecular complexity index is 1220. The van der Waals surface area contributed by atoms with E-state index in [1.807, 2.05) is 30.3 Å². The van der Waals surface area contributed by atoms with Crippen LogP contribution in [0.15, 0.2) is 75.3 Å². The number of ether oxygens (including phenoxy) is 2. The van der Waals surface area contributed by atoms with Gasteiger partial charge in [0.2, 0.25) is 0 Å². The summed E-state index contributed by atoms with van der Waals surface area (Å²) in [4.78, 5) is 38.4. The molecule has 2 aromatic carbocycles.